The second-order valence-electron chi connectivity index (χ2n) is 4.22. The van der Waals surface area contributed by atoms with Gasteiger partial charge in [-0.05, 0) is 18.6 Å². The SMILES string of the molecule is CN(Cc1cccnc1)C(=O)C(C)(N)C(F)(F)F. The van der Waals surface area contributed by atoms with Gasteiger partial charge in [-0.2, -0.15) is 13.2 Å². The van der Waals surface area contributed by atoms with E-state index in [1.165, 1.54) is 19.4 Å². The highest BCUT2D eigenvalue weighted by Crippen LogP contribution is 2.29. The van der Waals surface area contributed by atoms with E-state index in [1.807, 2.05) is 0 Å². The first kappa shape index (κ1) is 14.4. The number of likely N-dealkylation sites (N-methyl/N-ethyl adjacent to an activating group) is 1. The van der Waals surface area contributed by atoms with Crippen LogP contribution in [0.4, 0.5) is 13.2 Å². The average Bonchev–Trinajstić information content (AvgIpc) is 2.27. The van der Waals surface area contributed by atoms with Gasteiger partial charge in [0.1, 0.15) is 0 Å². The van der Waals surface area contributed by atoms with Crippen LogP contribution in [0.3, 0.4) is 0 Å². The minimum atomic E-state index is -4.78. The Morgan fingerprint density at radius 3 is 2.56 bits per heavy atom. The predicted octanol–water partition coefficient (Wildman–Crippen LogP) is 1.32. The lowest BCUT2D eigenvalue weighted by Crippen LogP contribution is -2.61. The second kappa shape index (κ2) is 4.93. The van der Waals surface area contributed by atoms with Gasteiger partial charge in [0.25, 0.3) is 5.91 Å². The Balaban J connectivity index is 2.80. The Kier molecular flexibility index (Phi) is 3.95. The number of nitrogens with two attached hydrogens (primary N) is 1. The quantitative estimate of drug-likeness (QED) is 0.892. The Labute approximate surface area is 103 Å². The molecule has 1 atom stereocenters. The van der Waals surface area contributed by atoms with Crippen LogP contribution >= 0.6 is 0 Å². The molecular formula is C11H14F3N3O. The highest BCUT2D eigenvalue weighted by Gasteiger charge is 2.54. The molecule has 1 amide bonds. The van der Waals surface area contributed by atoms with E-state index >= 15 is 0 Å². The monoisotopic (exact) mass is 261 g/mol. The molecule has 18 heavy (non-hydrogen) atoms. The lowest BCUT2D eigenvalue weighted by atomic mass is 10.0. The number of halogens is 3. The first-order valence-electron chi connectivity index (χ1n) is 5.16. The molecule has 2 N–H and O–H groups in total. The van der Waals surface area contributed by atoms with Gasteiger partial charge in [-0.25, -0.2) is 0 Å². The van der Waals surface area contributed by atoms with Crippen molar-refractivity contribution < 1.29 is 18.0 Å². The minimum absolute atomic E-state index is 0.0234. The third-order valence-corrected chi connectivity index (χ3v) is 2.52. The van der Waals surface area contributed by atoms with Crippen LogP contribution in [0.5, 0.6) is 0 Å². The van der Waals surface area contributed by atoms with Crippen LogP contribution in [0.1, 0.15) is 12.5 Å². The summed E-state index contributed by atoms with van der Waals surface area (Å²) in [5.74, 6) is -1.18. The zero-order chi connectivity index (χ0) is 14.0. The van der Waals surface area contributed by atoms with Crippen LogP contribution in [-0.2, 0) is 11.3 Å². The first-order valence-corrected chi connectivity index (χ1v) is 5.16. The molecule has 0 spiro atoms. The van der Waals surface area contributed by atoms with E-state index in [2.05, 4.69) is 4.98 Å². The molecule has 0 aromatic carbocycles. The Bertz CT molecular complexity index is 417. The van der Waals surface area contributed by atoms with Crippen molar-refractivity contribution in [3.8, 4) is 0 Å². The molecule has 0 aliphatic rings. The molecule has 0 bridgehead atoms. The van der Waals surface area contributed by atoms with Crippen LogP contribution in [-0.4, -0.2) is 34.6 Å². The number of nitrogens with zero attached hydrogens (tertiary/aromatic N) is 2. The summed E-state index contributed by atoms with van der Waals surface area (Å²) < 4.78 is 37.8. The third-order valence-electron chi connectivity index (χ3n) is 2.52. The van der Waals surface area contributed by atoms with Crippen LogP contribution in [0.25, 0.3) is 0 Å². The average molecular weight is 261 g/mol. The molecule has 0 saturated carbocycles. The molecule has 4 nitrogen and oxygen atoms in total. The first-order chi connectivity index (χ1) is 8.16. The zero-order valence-corrected chi connectivity index (χ0v) is 10.0. The molecule has 0 saturated heterocycles. The Hall–Kier alpha value is -1.63. The number of alkyl halides is 3. The van der Waals surface area contributed by atoms with Crippen molar-refractivity contribution in [1.29, 1.82) is 0 Å². The van der Waals surface area contributed by atoms with Crippen molar-refractivity contribution in [2.24, 2.45) is 5.73 Å². The number of amides is 1. The summed E-state index contributed by atoms with van der Waals surface area (Å²) in [5, 5.41) is 0. The van der Waals surface area contributed by atoms with E-state index < -0.39 is 17.6 Å². The van der Waals surface area contributed by atoms with Gasteiger partial charge >= 0.3 is 6.18 Å². The molecule has 0 radical (unpaired) electrons. The van der Waals surface area contributed by atoms with Crippen LogP contribution in [0, 0.1) is 0 Å². The molecule has 1 heterocycles. The summed E-state index contributed by atoms with van der Waals surface area (Å²) in [4.78, 5) is 16.4. The number of rotatable bonds is 3. The van der Waals surface area contributed by atoms with Crippen LogP contribution in [0.15, 0.2) is 24.5 Å². The van der Waals surface area contributed by atoms with E-state index in [4.69, 9.17) is 5.73 Å². The fraction of sp³-hybridized carbons (Fsp3) is 0.455. The molecule has 0 aliphatic heterocycles. The lowest BCUT2D eigenvalue weighted by molar-refractivity contribution is -0.193. The summed E-state index contributed by atoms with van der Waals surface area (Å²) in [6, 6.07) is 3.30. The summed E-state index contributed by atoms with van der Waals surface area (Å²) in [6.45, 7) is 0.685. The number of carbonyl (C=O) groups excluding carboxylic acids is 1. The third kappa shape index (κ3) is 2.98. The van der Waals surface area contributed by atoms with Crippen LogP contribution < -0.4 is 5.73 Å². The molecular weight excluding hydrogens is 247 g/mol. The highest BCUT2D eigenvalue weighted by molar-refractivity contribution is 5.86. The lowest BCUT2D eigenvalue weighted by Gasteiger charge is -2.30. The van der Waals surface area contributed by atoms with E-state index in [0.29, 0.717) is 12.5 Å². The molecule has 1 unspecified atom stereocenters. The number of carbonyl (C=O) groups is 1. The van der Waals surface area contributed by atoms with Crippen molar-refractivity contribution in [2.75, 3.05) is 7.05 Å². The van der Waals surface area contributed by atoms with Crippen molar-refractivity contribution >= 4 is 5.91 Å². The van der Waals surface area contributed by atoms with Crippen molar-refractivity contribution in [1.82, 2.24) is 9.88 Å². The maximum absolute atomic E-state index is 12.6. The smallest absolute Gasteiger partial charge is 0.339 e. The summed E-state index contributed by atoms with van der Waals surface area (Å²) in [7, 11) is 1.27. The molecule has 0 fully saturated rings. The highest BCUT2D eigenvalue weighted by atomic mass is 19.4. The summed E-state index contributed by atoms with van der Waals surface area (Å²) >= 11 is 0. The normalized spacial score (nSPS) is 15.0. The van der Waals surface area contributed by atoms with Gasteiger partial charge in [0, 0.05) is 26.0 Å². The number of hydrogen-bond donors (Lipinski definition) is 1. The van der Waals surface area contributed by atoms with Gasteiger partial charge in [0.05, 0.1) is 0 Å². The van der Waals surface area contributed by atoms with Crippen LogP contribution in [0.2, 0.25) is 0 Å². The molecule has 7 heteroatoms. The summed E-state index contributed by atoms with van der Waals surface area (Å²) in [6.07, 6.45) is -1.77. The molecule has 1 aromatic heterocycles. The fourth-order valence-corrected chi connectivity index (χ4v) is 1.36. The van der Waals surface area contributed by atoms with E-state index in [0.717, 1.165) is 4.90 Å². The molecule has 100 valence electrons. The predicted molar refractivity (Wildman–Crippen MR) is 59.4 cm³/mol. The zero-order valence-electron chi connectivity index (χ0n) is 10.0. The standard InChI is InChI=1S/C11H14F3N3O/c1-10(15,11(12,13)14)9(18)17(2)7-8-4-3-5-16-6-8/h3-6H,7,15H2,1-2H3. The topological polar surface area (TPSA) is 59.2 Å². The van der Waals surface area contributed by atoms with Gasteiger partial charge in [-0.1, -0.05) is 6.07 Å². The van der Waals surface area contributed by atoms with Gasteiger partial charge in [-0.3, -0.25) is 9.78 Å². The van der Waals surface area contributed by atoms with Crippen molar-refractivity contribution in [2.45, 2.75) is 25.2 Å². The van der Waals surface area contributed by atoms with Gasteiger partial charge in [0.15, 0.2) is 5.54 Å². The Morgan fingerprint density at radius 1 is 1.50 bits per heavy atom. The maximum atomic E-state index is 12.6. The number of pyridine rings is 1. The second-order valence-corrected chi connectivity index (χ2v) is 4.22. The van der Waals surface area contributed by atoms with Gasteiger partial charge < -0.3 is 10.6 Å². The van der Waals surface area contributed by atoms with E-state index in [9.17, 15) is 18.0 Å². The van der Waals surface area contributed by atoms with Crippen molar-refractivity contribution in [3.05, 3.63) is 30.1 Å². The maximum Gasteiger partial charge on any atom is 0.415 e. The summed E-state index contributed by atoms with van der Waals surface area (Å²) in [5.41, 5.74) is 2.81. The van der Waals surface area contributed by atoms with E-state index in [1.54, 1.807) is 12.1 Å². The Morgan fingerprint density at radius 2 is 2.11 bits per heavy atom. The number of hydrogen-bond acceptors (Lipinski definition) is 3. The van der Waals surface area contributed by atoms with E-state index in [-0.39, 0.29) is 6.54 Å². The minimum Gasteiger partial charge on any atom is -0.339 e. The fourth-order valence-electron chi connectivity index (χ4n) is 1.36. The molecule has 0 aliphatic carbocycles. The van der Waals surface area contributed by atoms with Gasteiger partial charge in [-0.15, -0.1) is 0 Å². The number of aromatic nitrogens is 1. The van der Waals surface area contributed by atoms with Crippen molar-refractivity contribution in [3.63, 3.8) is 0 Å². The van der Waals surface area contributed by atoms with Gasteiger partial charge in [0.2, 0.25) is 0 Å². The molecule has 1 aromatic rings. The largest absolute Gasteiger partial charge is 0.415 e. The molecule has 1 rings (SSSR count).